The minimum absolute atomic E-state index is 0.159. The van der Waals surface area contributed by atoms with Gasteiger partial charge in [-0.2, -0.15) is 0 Å². The lowest BCUT2D eigenvalue weighted by Gasteiger charge is -2.24. The minimum atomic E-state index is -1.48. The van der Waals surface area contributed by atoms with Gasteiger partial charge in [0.1, 0.15) is 5.71 Å². The summed E-state index contributed by atoms with van der Waals surface area (Å²) in [5.74, 6) is -2.30. The minimum Gasteiger partial charge on any atom is -0.494 e. The van der Waals surface area contributed by atoms with Gasteiger partial charge < -0.3 is 14.7 Å². The first-order valence-electron chi connectivity index (χ1n) is 6.90. The Labute approximate surface area is 127 Å². The second-order valence-corrected chi connectivity index (χ2v) is 5.32. The molecule has 2 unspecified atom stereocenters. The highest BCUT2D eigenvalue weighted by atomic mass is 19.1. The number of hydrogen-bond acceptors (Lipinski definition) is 4. The van der Waals surface area contributed by atoms with Gasteiger partial charge in [0.15, 0.2) is 11.6 Å². The fourth-order valence-electron chi connectivity index (χ4n) is 2.66. The van der Waals surface area contributed by atoms with Gasteiger partial charge in [0.05, 0.1) is 13.0 Å². The third-order valence-electron chi connectivity index (χ3n) is 3.72. The topological polar surface area (TPSA) is 51.0 Å². The maximum Gasteiger partial charge on any atom is 0.244 e. The summed E-state index contributed by atoms with van der Waals surface area (Å²) in [6.45, 7) is 1.54. The first-order chi connectivity index (χ1) is 10.5. The molecule has 0 fully saturated rings. The number of benzene rings is 2. The largest absolute Gasteiger partial charge is 0.494 e. The van der Waals surface area contributed by atoms with Crippen LogP contribution in [0.5, 0.6) is 5.75 Å². The summed E-state index contributed by atoms with van der Waals surface area (Å²) in [6.07, 6.45) is 0. The molecule has 0 spiro atoms. The van der Waals surface area contributed by atoms with Crippen molar-refractivity contribution < 1.29 is 19.1 Å². The molecule has 2 aromatic carbocycles. The van der Waals surface area contributed by atoms with Gasteiger partial charge in [-0.25, -0.2) is 4.39 Å². The monoisotopic (exact) mass is 301 g/mol. The summed E-state index contributed by atoms with van der Waals surface area (Å²) in [5, 5.41) is 14.4. The van der Waals surface area contributed by atoms with Crippen molar-refractivity contribution in [1.29, 1.82) is 0 Å². The number of aliphatic hydroxyl groups is 1. The van der Waals surface area contributed by atoms with E-state index in [-0.39, 0.29) is 5.75 Å². The van der Waals surface area contributed by atoms with E-state index < -0.39 is 17.5 Å². The number of oxime groups is 1. The summed E-state index contributed by atoms with van der Waals surface area (Å²) in [7, 11) is 1.41. The Balaban J connectivity index is 2.04. The smallest absolute Gasteiger partial charge is 0.244 e. The molecule has 3 rings (SSSR count). The number of nitrogens with zero attached hydrogens (tertiary/aromatic N) is 1. The lowest BCUT2D eigenvalue weighted by Crippen LogP contribution is -2.34. The first kappa shape index (κ1) is 14.5. The Kier molecular flexibility index (Phi) is 3.58. The zero-order chi connectivity index (χ0) is 15.7. The van der Waals surface area contributed by atoms with E-state index in [2.05, 4.69) is 5.16 Å². The summed E-state index contributed by atoms with van der Waals surface area (Å²) in [4.78, 5) is 5.16. The van der Waals surface area contributed by atoms with Crippen molar-refractivity contribution in [1.82, 2.24) is 0 Å². The number of methoxy groups -OCH3 is 1. The Morgan fingerprint density at radius 1 is 1.23 bits per heavy atom. The molecule has 0 aliphatic carbocycles. The van der Waals surface area contributed by atoms with Gasteiger partial charge in [0.25, 0.3) is 0 Å². The molecule has 0 radical (unpaired) electrons. The fraction of sp³-hybridized carbons (Fsp3) is 0.235. The second kappa shape index (κ2) is 5.42. The Morgan fingerprint density at radius 2 is 1.95 bits per heavy atom. The van der Waals surface area contributed by atoms with E-state index in [0.717, 1.165) is 5.56 Å². The Hall–Kier alpha value is -2.40. The van der Waals surface area contributed by atoms with Gasteiger partial charge in [0, 0.05) is 12.5 Å². The van der Waals surface area contributed by atoms with Crippen LogP contribution in [0.3, 0.4) is 0 Å². The zero-order valence-corrected chi connectivity index (χ0v) is 12.3. The maximum absolute atomic E-state index is 13.9. The van der Waals surface area contributed by atoms with Gasteiger partial charge >= 0.3 is 0 Å². The SMILES string of the molecule is COc1ccc(C2=NOC(C)(O)C2c2ccccc2)cc1F. The highest BCUT2D eigenvalue weighted by Gasteiger charge is 2.45. The van der Waals surface area contributed by atoms with Crippen LogP contribution in [0.2, 0.25) is 0 Å². The van der Waals surface area contributed by atoms with E-state index in [4.69, 9.17) is 9.57 Å². The van der Waals surface area contributed by atoms with Crippen LogP contribution in [-0.2, 0) is 4.84 Å². The van der Waals surface area contributed by atoms with Crippen molar-refractivity contribution in [2.24, 2.45) is 5.16 Å². The molecule has 2 atom stereocenters. The van der Waals surface area contributed by atoms with Crippen LogP contribution in [0.4, 0.5) is 4.39 Å². The first-order valence-corrected chi connectivity index (χ1v) is 6.90. The number of rotatable bonds is 3. The molecular formula is C17H16FNO3. The fourth-order valence-corrected chi connectivity index (χ4v) is 2.66. The zero-order valence-electron chi connectivity index (χ0n) is 12.3. The molecule has 114 valence electrons. The molecule has 1 heterocycles. The van der Waals surface area contributed by atoms with Gasteiger partial charge in [-0.1, -0.05) is 35.5 Å². The average molecular weight is 301 g/mol. The lowest BCUT2D eigenvalue weighted by molar-refractivity contribution is -0.179. The van der Waals surface area contributed by atoms with Crippen LogP contribution >= 0.6 is 0 Å². The van der Waals surface area contributed by atoms with E-state index in [1.807, 2.05) is 30.3 Å². The molecule has 0 amide bonds. The molecular weight excluding hydrogens is 285 g/mol. The quantitative estimate of drug-likeness (QED) is 0.948. The van der Waals surface area contributed by atoms with Crippen LogP contribution < -0.4 is 4.74 Å². The molecule has 1 N–H and O–H groups in total. The predicted octanol–water partition coefficient (Wildman–Crippen LogP) is 3.06. The molecule has 5 heteroatoms. The number of hydrogen-bond donors (Lipinski definition) is 1. The molecule has 0 saturated heterocycles. The third-order valence-corrected chi connectivity index (χ3v) is 3.72. The van der Waals surface area contributed by atoms with E-state index in [1.54, 1.807) is 13.0 Å². The summed E-state index contributed by atoms with van der Waals surface area (Å²) in [6, 6.07) is 13.9. The highest BCUT2D eigenvalue weighted by molar-refractivity contribution is 6.06. The maximum atomic E-state index is 13.9. The second-order valence-electron chi connectivity index (χ2n) is 5.32. The van der Waals surface area contributed by atoms with Crippen LogP contribution in [0.1, 0.15) is 24.0 Å². The van der Waals surface area contributed by atoms with Crippen LogP contribution in [0, 0.1) is 5.82 Å². The normalized spacial score (nSPS) is 23.8. The van der Waals surface area contributed by atoms with Crippen molar-refractivity contribution in [3.8, 4) is 5.75 Å². The van der Waals surface area contributed by atoms with Crippen molar-refractivity contribution in [3.63, 3.8) is 0 Å². The molecule has 0 aromatic heterocycles. The third kappa shape index (κ3) is 2.44. The molecule has 22 heavy (non-hydrogen) atoms. The number of ether oxygens (including phenoxy) is 1. The van der Waals surface area contributed by atoms with E-state index in [9.17, 15) is 9.50 Å². The standard InChI is InChI=1S/C17H16FNO3/c1-17(20)15(11-6-4-3-5-7-11)16(19-22-17)12-8-9-14(21-2)13(18)10-12/h3-10,15,20H,1-2H3. The van der Waals surface area contributed by atoms with Crippen molar-refractivity contribution in [2.45, 2.75) is 18.6 Å². The van der Waals surface area contributed by atoms with Crippen LogP contribution in [-0.4, -0.2) is 23.7 Å². The number of halogens is 1. The van der Waals surface area contributed by atoms with Gasteiger partial charge in [-0.3, -0.25) is 0 Å². The Morgan fingerprint density at radius 3 is 2.59 bits per heavy atom. The van der Waals surface area contributed by atoms with E-state index in [0.29, 0.717) is 11.3 Å². The summed E-state index contributed by atoms with van der Waals surface area (Å²) < 4.78 is 18.9. The van der Waals surface area contributed by atoms with E-state index >= 15 is 0 Å². The van der Waals surface area contributed by atoms with Crippen molar-refractivity contribution >= 4 is 5.71 Å². The van der Waals surface area contributed by atoms with Gasteiger partial charge in [0.2, 0.25) is 5.79 Å². The average Bonchev–Trinajstić information content (AvgIpc) is 2.83. The van der Waals surface area contributed by atoms with Crippen molar-refractivity contribution in [2.75, 3.05) is 7.11 Å². The van der Waals surface area contributed by atoms with E-state index in [1.165, 1.54) is 19.2 Å². The lowest BCUT2D eigenvalue weighted by atomic mass is 9.84. The molecule has 1 aliphatic heterocycles. The summed E-state index contributed by atoms with van der Waals surface area (Å²) in [5.41, 5.74) is 1.88. The predicted molar refractivity (Wildman–Crippen MR) is 80.4 cm³/mol. The Bertz CT molecular complexity index is 713. The van der Waals surface area contributed by atoms with Gasteiger partial charge in [-0.05, 0) is 23.8 Å². The molecule has 4 nitrogen and oxygen atoms in total. The van der Waals surface area contributed by atoms with Gasteiger partial charge in [-0.15, -0.1) is 0 Å². The van der Waals surface area contributed by atoms with Crippen molar-refractivity contribution in [3.05, 3.63) is 65.5 Å². The molecule has 0 bridgehead atoms. The molecule has 2 aromatic rings. The molecule has 1 aliphatic rings. The van der Waals surface area contributed by atoms with Crippen LogP contribution in [0.25, 0.3) is 0 Å². The highest BCUT2D eigenvalue weighted by Crippen LogP contribution is 2.38. The molecule has 0 saturated carbocycles. The summed E-state index contributed by atoms with van der Waals surface area (Å²) >= 11 is 0. The van der Waals surface area contributed by atoms with Crippen LogP contribution in [0.15, 0.2) is 53.7 Å².